The molecule has 4 fully saturated rings. The summed E-state index contributed by atoms with van der Waals surface area (Å²) in [4.78, 5) is 76.4. The third-order valence-corrected chi connectivity index (χ3v) is 15.9. The highest BCUT2D eigenvalue weighted by atomic mass is 32.2. The zero-order valence-electron chi connectivity index (χ0n) is 35.0. The smallest absolute Gasteiger partial charge is 0.234 e. The number of nitrogens with zero attached hydrogens (tertiary/aromatic N) is 7. The fourth-order valence-electron chi connectivity index (χ4n) is 9.46. The lowest BCUT2D eigenvalue weighted by atomic mass is 9.78. The van der Waals surface area contributed by atoms with E-state index in [2.05, 4.69) is 25.2 Å². The molecule has 328 valence electrons. The normalized spacial score (nSPS) is 20.8. The Morgan fingerprint density at radius 2 is 1.71 bits per heavy atom. The number of primary sulfonamides is 1. The molecule has 3 aromatic heterocycles. The maximum Gasteiger partial charge on any atom is 0.234 e. The first-order valence-electron chi connectivity index (χ1n) is 21.4. The van der Waals surface area contributed by atoms with Crippen molar-refractivity contribution < 1.29 is 32.0 Å². The van der Waals surface area contributed by atoms with Crippen molar-refractivity contribution in [3.63, 3.8) is 0 Å². The molecule has 7 heterocycles. The van der Waals surface area contributed by atoms with Crippen molar-refractivity contribution in [2.75, 3.05) is 44.2 Å². The van der Waals surface area contributed by atoms with E-state index in [9.17, 15) is 27.6 Å². The predicted molar refractivity (Wildman–Crippen MR) is 231 cm³/mol. The zero-order chi connectivity index (χ0) is 43.8. The molecule has 4 aromatic rings. The summed E-state index contributed by atoms with van der Waals surface area (Å²) in [6.07, 6.45) is 9.58. The van der Waals surface area contributed by atoms with Crippen LogP contribution in [-0.2, 0) is 29.2 Å². The Morgan fingerprint density at radius 3 is 2.34 bits per heavy atom. The maximum atomic E-state index is 16.3. The van der Waals surface area contributed by atoms with E-state index in [1.807, 2.05) is 28.9 Å². The van der Waals surface area contributed by atoms with E-state index in [-0.39, 0.29) is 58.9 Å². The number of aromatic nitrogens is 4. The molecule has 4 amide bonds. The van der Waals surface area contributed by atoms with Crippen LogP contribution >= 0.6 is 11.3 Å². The minimum absolute atomic E-state index is 0.00105. The second-order valence-corrected chi connectivity index (χ2v) is 20.0. The van der Waals surface area contributed by atoms with Crippen molar-refractivity contribution in [1.82, 2.24) is 35.1 Å². The quantitative estimate of drug-likeness (QED) is 0.196. The average molecular weight is 886 g/mol. The number of piperidine rings is 4. The van der Waals surface area contributed by atoms with Gasteiger partial charge in [-0.05, 0) is 75.1 Å². The number of nitrogens with one attached hydrogen (secondary N) is 1. The van der Waals surface area contributed by atoms with Gasteiger partial charge in [-0.1, -0.05) is 32.0 Å². The highest BCUT2D eigenvalue weighted by Crippen LogP contribution is 2.44. The van der Waals surface area contributed by atoms with E-state index >= 15 is 4.39 Å². The number of pyridine rings is 1. The monoisotopic (exact) mass is 885 g/mol. The minimum Gasteiger partial charge on any atom is -0.357 e. The molecule has 0 bridgehead atoms. The van der Waals surface area contributed by atoms with Gasteiger partial charge in [0.1, 0.15) is 23.2 Å². The summed E-state index contributed by atoms with van der Waals surface area (Å²) < 4.78 is 41.0. The van der Waals surface area contributed by atoms with E-state index in [1.54, 1.807) is 37.5 Å². The largest absolute Gasteiger partial charge is 0.357 e. The van der Waals surface area contributed by atoms with Crippen molar-refractivity contribution in [2.45, 2.75) is 88.7 Å². The second kappa shape index (κ2) is 17.9. The molecule has 8 rings (SSSR count). The molecule has 2 unspecified atom stereocenters. The number of imide groups is 1. The fraction of sp³-hybridized carbons (Fsp3) is 0.500. The standard InChI is InChI=1S/C44H52FN9O6S2/c1-3-34(62(46,59)60)31-5-4-6-32(37(31)45)38-39(33-11-18-47-26-49-33)61-41(51-38)27-12-21-54(22-13-27)43(58)44(2)16-23-53(24-17-44)42(57)28-14-19-52(20-15-28)35-9-7-29(25-48-35)30-8-10-36(55)50-40(30)56/h4-7,9,11,18,25-28,30,34H,3,8,10,12-17,19-24H2,1-2H3,(H2,46,59,60)(H,50,55,56). The molecule has 0 saturated carbocycles. The second-order valence-electron chi connectivity index (χ2n) is 17.2. The van der Waals surface area contributed by atoms with E-state index in [0.717, 1.165) is 16.4 Å². The van der Waals surface area contributed by atoms with Crippen molar-refractivity contribution in [1.29, 1.82) is 0 Å². The van der Waals surface area contributed by atoms with Gasteiger partial charge in [-0.3, -0.25) is 24.5 Å². The number of likely N-dealkylation sites (tertiary alicyclic amines) is 2. The number of carbonyl (C=O) groups excluding carboxylic acids is 4. The topological polar surface area (TPSA) is 202 Å². The van der Waals surface area contributed by atoms with Gasteiger partial charge in [0.2, 0.25) is 33.7 Å². The lowest BCUT2D eigenvalue weighted by Gasteiger charge is -2.43. The summed E-state index contributed by atoms with van der Waals surface area (Å²) in [5.74, 6) is -0.612. The summed E-state index contributed by atoms with van der Waals surface area (Å²) in [5, 5.41) is 7.49. The number of thiazole rings is 1. The van der Waals surface area contributed by atoms with Gasteiger partial charge < -0.3 is 14.7 Å². The molecule has 4 aliphatic heterocycles. The van der Waals surface area contributed by atoms with Crippen LogP contribution in [-0.4, -0.2) is 101 Å². The molecule has 1 aromatic carbocycles. The number of hydrogen-bond donors (Lipinski definition) is 2. The van der Waals surface area contributed by atoms with Crippen molar-refractivity contribution >= 4 is 50.8 Å². The Balaban J connectivity index is 0.859. The molecule has 3 N–H and O–H groups in total. The minimum atomic E-state index is -4.06. The number of hydrogen-bond acceptors (Lipinski definition) is 12. The van der Waals surface area contributed by atoms with Crippen LogP contribution in [0.1, 0.15) is 105 Å². The third-order valence-electron chi connectivity index (χ3n) is 13.3. The lowest BCUT2D eigenvalue weighted by Crippen LogP contribution is -2.52. The first-order valence-corrected chi connectivity index (χ1v) is 23.9. The van der Waals surface area contributed by atoms with Crippen LogP contribution in [0.25, 0.3) is 21.8 Å². The van der Waals surface area contributed by atoms with Gasteiger partial charge >= 0.3 is 0 Å². The summed E-state index contributed by atoms with van der Waals surface area (Å²) in [6, 6.07) is 10.2. The molecule has 0 aliphatic carbocycles. The summed E-state index contributed by atoms with van der Waals surface area (Å²) in [5.41, 5.74) is 1.33. The van der Waals surface area contributed by atoms with Crippen LogP contribution in [0.5, 0.6) is 0 Å². The van der Waals surface area contributed by atoms with Gasteiger partial charge in [0, 0.05) is 86.5 Å². The molecule has 0 radical (unpaired) electrons. The third kappa shape index (κ3) is 8.86. The van der Waals surface area contributed by atoms with E-state index < -0.39 is 26.5 Å². The fourth-order valence-corrected chi connectivity index (χ4v) is 11.7. The lowest BCUT2D eigenvalue weighted by molar-refractivity contribution is -0.149. The van der Waals surface area contributed by atoms with Crippen LogP contribution in [0.4, 0.5) is 10.2 Å². The molecule has 18 heteroatoms. The highest BCUT2D eigenvalue weighted by Gasteiger charge is 2.43. The van der Waals surface area contributed by atoms with Crippen LogP contribution in [0.15, 0.2) is 55.1 Å². The Morgan fingerprint density at radius 1 is 0.968 bits per heavy atom. The molecule has 4 saturated heterocycles. The Hall–Kier alpha value is -5.20. The number of anilines is 1. The van der Waals surface area contributed by atoms with Crippen molar-refractivity contribution in [3.8, 4) is 21.8 Å². The number of benzene rings is 1. The predicted octanol–water partition coefficient (Wildman–Crippen LogP) is 5.31. The SMILES string of the molecule is CCC(c1cccc(-c2nc(C3CCN(C(=O)C4(C)CCN(C(=O)C5CCN(c6ccc(C7CCC(=O)NC7=O)cn6)CC5)CC4)CC3)sc2-c2ccncn2)c1F)S(N)(=O)=O. The number of amides is 4. The van der Waals surface area contributed by atoms with Gasteiger partial charge in [-0.2, -0.15) is 0 Å². The molecule has 62 heavy (non-hydrogen) atoms. The van der Waals surface area contributed by atoms with Gasteiger partial charge in [0.25, 0.3) is 0 Å². The molecule has 4 aliphatic rings. The Bertz CT molecular complexity index is 2430. The van der Waals surface area contributed by atoms with Gasteiger partial charge in [0.05, 0.1) is 27.2 Å². The molecule has 0 spiro atoms. The average Bonchev–Trinajstić information content (AvgIpc) is 3.72. The molecular weight excluding hydrogens is 834 g/mol. The van der Waals surface area contributed by atoms with Crippen molar-refractivity contribution in [3.05, 3.63) is 77.1 Å². The zero-order valence-corrected chi connectivity index (χ0v) is 36.6. The number of nitrogens with two attached hydrogens (primary N) is 1. The van der Waals surface area contributed by atoms with Crippen molar-refractivity contribution in [2.24, 2.45) is 16.5 Å². The first kappa shape index (κ1) is 43.4. The Labute approximate surface area is 364 Å². The number of carbonyl (C=O) groups is 4. The van der Waals surface area contributed by atoms with E-state index in [4.69, 9.17) is 10.1 Å². The maximum absolute atomic E-state index is 16.3. The highest BCUT2D eigenvalue weighted by molar-refractivity contribution is 7.89. The number of rotatable bonds is 10. The van der Waals surface area contributed by atoms with Crippen LogP contribution in [0.2, 0.25) is 0 Å². The van der Waals surface area contributed by atoms with Crippen LogP contribution in [0, 0.1) is 17.2 Å². The van der Waals surface area contributed by atoms with Crippen LogP contribution < -0.4 is 15.4 Å². The number of halogens is 1. The number of sulfonamides is 1. The summed E-state index contributed by atoms with van der Waals surface area (Å²) in [7, 11) is -4.06. The first-order chi connectivity index (χ1) is 29.7. The van der Waals surface area contributed by atoms with E-state index in [1.165, 1.54) is 23.7 Å². The van der Waals surface area contributed by atoms with Gasteiger partial charge in [0.15, 0.2) is 0 Å². The van der Waals surface area contributed by atoms with Crippen LogP contribution in [0.3, 0.4) is 0 Å². The molecule has 15 nitrogen and oxygen atoms in total. The summed E-state index contributed by atoms with van der Waals surface area (Å²) >= 11 is 1.43. The molecule has 2 atom stereocenters. The molecular formula is C44H52FN9O6S2. The van der Waals surface area contributed by atoms with Gasteiger partial charge in [-0.15, -0.1) is 11.3 Å². The Kier molecular flexibility index (Phi) is 12.5. The van der Waals surface area contributed by atoms with Gasteiger partial charge in [-0.25, -0.2) is 37.9 Å². The van der Waals surface area contributed by atoms with E-state index in [0.29, 0.717) is 107 Å². The summed E-state index contributed by atoms with van der Waals surface area (Å²) in [6.45, 7) is 7.20.